The van der Waals surface area contributed by atoms with E-state index >= 15 is 0 Å². The lowest BCUT2D eigenvalue weighted by molar-refractivity contribution is 0.340. The first-order valence-corrected chi connectivity index (χ1v) is 2.89. The van der Waals surface area contributed by atoms with Gasteiger partial charge in [-0.1, -0.05) is 0 Å². The minimum absolute atomic E-state index is 0.0400. The highest BCUT2D eigenvalue weighted by molar-refractivity contribution is 5.11. The molecule has 0 amide bonds. The lowest BCUT2D eigenvalue weighted by Crippen LogP contribution is -1.97. The number of ether oxygens (including phenoxy) is 2. The number of aromatic nitrogens is 2. The quantitative estimate of drug-likeness (QED) is 0.592. The second-order valence-electron chi connectivity index (χ2n) is 1.72. The molecule has 5 heteroatoms. The smallest absolute Gasteiger partial charge is 0.322 e. The zero-order chi connectivity index (χ0) is 8.27. The summed E-state index contributed by atoms with van der Waals surface area (Å²) in [5.74, 6) is -0.525. The summed E-state index contributed by atoms with van der Waals surface area (Å²) in [6, 6.07) is 1.03. The molecule has 0 radical (unpaired) electrons. The molecule has 4 nitrogen and oxygen atoms in total. The van der Waals surface area contributed by atoms with E-state index in [9.17, 15) is 4.39 Å². The Morgan fingerprint density at radius 2 is 2.00 bits per heavy atom. The van der Waals surface area contributed by atoms with Crippen molar-refractivity contribution in [1.29, 1.82) is 0 Å². The molecule has 60 valence electrons. The zero-order valence-electron chi connectivity index (χ0n) is 6.17. The van der Waals surface area contributed by atoms with Gasteiger partial charge in [-0.3, -0.25) is 0 Å². The van der Waals surface area contributed by atoms with Crippen molar-refractivity contribution >= 4 is 0 Å². The standard InChI is InChI=1S/C6H7FN2O2/c1-10-5-3-4(7)8-6(9-5)11-2/h3H,1-2H3. The van der Waals surface area contributed by atoms with Gasteiger partial charge in [0.15, 0.2) is 0 Å². The van der Waals surface area contributed by atoms with E-state index in [1.54, 1.807) is 0 Å². The van der Waals surface area contributed by atoms with Crippen LogP contribution in [0.3, 0.4) is 0 Å². The van der Waals surface area contributed by atoms with Gasteiger partial charge in [-0.05, 0) is 0 Å². The van der Waals surface area contributed by atoms with Gasteiger partial charge in [-0.2, -0.15) is 14.4 Å². The van der Waals surface area contributed by atoms with Gasteiger partial charge in [0, 0.05) is 0 Å². The number of hydrogen-bond donors (Lipinski definition) is 0. The summed E-state index contributed by atoms with van der Waals surface area (Å²) in [4.78, 5) is 7.00. The molecule has 0 aliphatic rings. The van der Waals surface area contributed by atoms with Crippen LogP contribution in [0.1, 0.15) is 0 Å². The first-order chi connectivity index (χ1) is 5.26. The summed E-state index contributed by atoms with van der Waals surface area (Å²) in [6.45, 7) is 0. The molecule has 0 saturated heterocycles. The van der Waals surface area contributed by atoms with E-state index in [2.05, 4.69) is 19.4 Å². The van der Waals surface area contributed by atoms with Gasteiger partial charge in [0.05, 0.1) is 20.3 Å². The van der Waals surface area contributed by atoms with E-state index in [4.69, 9.17) is 0 Å². The van der Waals surface area contributed by atoms with Crippen molar-refractivity contribution in [3.8, 4) is 11.9 Å². The fourth-order valence-corrected chi connectivity index (χ4v) is 0.573. The van der Waals surface area contributed by atoms with Crippen LogP contribution in [0.2, 0.25) is 0 Å². The lowest BCUT2D eigenvalue weighted by Gasteiger charge is -2.00. The fourth-order valence-electron chi connectivity index (χ4n) is 0.573. The van der Waals surface area contributed by atoms with E-state index in [0.717, 1.165) is 6.07 Å². The Labute approximate surface area is 63.0 Å². The third kappa shape index (κ3) is 1.76. The van der Waals surface area contributed by atoms with Gasteiger partial charge in [-0.15, -0.1) is 0 Å². The molecule has 1 aromatic heterocycles. The van der Waals surface area contributed by atoms with Crippen molar-refractivity contribution in [3.05, 3.63) is 12.0 Å². The second kappa shape index (κ2) is 3.14. The van der Waals surface area contributed by atoms with Gasteiger partial charge >= 0.3 is 6.01 Å². The first-order valence-electron chi connectivity index (χ1n) is 2.89. The van der Waals surface area contributed by atoms with E-state index in [1.165, 1.54) is 14.2 Å². The maximum Gasteiger partial charge on any atom is 0.322 e. The largest absolute Gasteiger partial charge is 0.481 e. The molecule has 0 atom stereocenters. The van der Waals surface area contributed by atoms with Crippen molar-refractivity contribution in [2.75, 3.05) is 14.2 Å². The summed E-state index contributed by atoms with van der Waals surface area (Å²) in [5.41, 5.74) is 0. The molecular weight excluding hydrogens is 151 g/mol. The van der Waals surface area contributed by atoms with Crippen LogP contribution >= 0.6 is 0 Å². The Morgan fingerprint density at radius 3 is 2.55 bits per heavy atom. The van der Waals surface area contributed by atoms with Crippen LogP contribution in [0.25, 0.3) is 0 Å². The Hall–Kier alpha value is -1.39. The second-order valence-corrected chi connectivity index (χ2v) is 1.72. The SMILES string of the molecule is COc1cc(F)nc(OC)n1. The summed E-state index contributed by atoms with van der Waals surface area (Å²) < 4.78 is 21.8. The van der Waals surface area contributed by atoms with Crippen LogP contribution in [0.4, 0.5) is 4.39 Å². The van der Waals surface area contributed by atoms with E-state index in [0.29, 0.717) is 0 Å². The summed E-state index contributed by atoms with van der Waals surface area (Å²) in [6.07, 6.45) is 0. The molecule has 0 fully saturated rings. The minimum Gasteiger partial charge on any atom is -0.481 e. The Bertz CT molecular complexity index is 232. The Morgan fingerprint density at radius 1 is 1.27 bits per heavy atom. The van der Waals surface area contributed by atoms with Gasteiger partial charge in [-0.25, -0.2) is 0 Å². The summed E-state index contributed by atoms with van der Waals surface area (Å²) in [7, 11) is 2.75. The monoisotopic (exact) mass is 158 g/mol. The van der Waals surface area contributed by atoms with Crippen molar-refractivity contribution < 1.29 is 13.9 Å². The Kier molecular flexibility index (Phi) is 2.20. The topological polar surface area (TPSA) is 44.2 Å². The first kappa shape index (κ1) is 7.71. The van der Waals surface area contributed by atoms with E-state index in [1.807, 2.05) is 0 Å². The number of hydrogen-bond acceptors (Lipinski definition) is 4. The molecule has 0 aliphatic heterocycles. The van der Waals surface area contributed by atoms with Crippen LogP contribution in [0, 0.1) is 5.95 Å². The summed E-state index contributed by atoms with van der Waals surface area (Å²) >= 11 is 0. The van der Waals surface area contributed by atoms with Gasteiger partial charge in [0.2, 0.25) is 11.8 Å². The molecule has 0 aromatic carbocycles. The molecule has 1 aromatic rings. The normalized spacial score (nSPS) is 9.36. The number of rotatable bonds is 2. The molecule has 0 bridgehead atoms. The molecule has 0 spiro atoms. The maximum absolute atomic E-state index is 12.5. The average molecular weight is 158 g/mol. The van der Waals surface area contributed by atoms with E-state index < -0.39 is 5.95 Å². The van der Waals surface area contributed by atoms with Gasteiger partial charge in [0.1, 0.15) is 0 Å². The fraction of sp³-hybridized carbons (Fsp3) is 0.333. The molecular formula is C6H7FN2O2. The molecule has 0 N–H and O–H groups in total. The lowest BCUT2D eigenvalue weighted by atomic mass is 10.6. The summed E-state index contributed by atoms with van der Waals surface area (Å²) in [5, 5.41) is 0. The average Bonchev–Trinajstić information content (AvgIpc) is 2.03. The Balaban J connectivity index is 3.02. The molecule has 11 heavy (non-hydrogen) atoms. The third-order valence-corrected chi connectivity index (χ3v) is 1.04. The predicted molar refractivity (Wildman–Crippen MR) is 35.1 cm³/mol. The predicted octanol–water partition coefficient (Wildman–Crippen LogP) is 0.633. The highest BCUT2D eigenvalue weighted by Crippen LogP contribution is 2.11. The van der Waals surface area contributed by atoms with Crippen LogP contribution in [-0.4, -0.2) is 24.2 Å². The number of methoxy groups -OCH3 is 2. The van der Waals surface area contributed by atoms with Crippen molar-refractivity contribution in [3.63, 3.8) is 0 Å². The van der Waals surface area contributed by atoms with Gasteiger partial charge < -0.3 is 9.47 Å². The molecule has 0 aliphatic carbocycles. The van der Waals surface area contributed by atoms with Crippen LogP contribution in [0.15, 0.2) is 6.07 Å². The molecule has 0 saturated carbocycles. The zero-order valence-corrected chi connectivity index (χ0v) is 6.17. The van der Waals surface area contributed by atoms with Crippen LogP contribution in [0.5, 0.6) is 11.9 Å². The third-order valence-electron chi connectivity index (χ3n) is 1.04. The van der Waals surface area contributed by atoms with Crippen LogP contribution in [-0.2, 0) is 0 Å². The molecule has 1 heterocycles. The van der Waals surface area contributed by atoms with Gasteiger partial charge in [0.25, 0.3) is 0 Å². The van der Waals surface area contributed by atoms with Crippen molar-refractivity contribution in [2.45, 2.75) is 0 Å². The van der Waals surface area contributed by atoms with Crippen LogP contribution < -0.4 is 9.47 Å². The number of halogens is 1. The van der Waals surface area contributed by atoms with Crippen molar-refractivity contribution in [2.24, 2.45) is 0 Å². The maximum atomic E-state index is 12.5. The minimum atomic E-state index is -0.673. The highest BCUT2D eigenvalue weighted by atomic mass is 19.1. The molecule has 1 rings (SSSR count). The van der Waals surface area contributed by atoms with Crippen molar-refractivity contribution in [1.82, 2.24) is 9.97 Å². The van der Waals surface area contributed by atoms with E-state index in [-0.39, 0.29) is 11.9 Å². The number of nitrogens with zero attached hydrogens (tertiary/aromatic N) is 2. The highest BCUT2D eigenvalue weighted by Gasteiger charge is 2.02. The molecule has 0 unspecified atom stereocenters.